The average molecular weight is 320 g/mol. The van der Waals surface area contributed by atoms with Crippen LogP contribution in [0.2, 0.25) is 0 Å². The zero-order chi connectivity index (χ0) is 15.5. The molecule has 0 aliphatic heterocycles. The van der Waals surface area contributed by atoms with Crippen LogP contribution in [0.5, 0.6) is 0 Å². The third kappa shape index (κ3) is 4.05. The van der Waals surface area contributed by atoms with Gasteiger partial charge in [-0.15, -0.1) is 0 Å². The van der Waals surface area contributed by atoms with Crippen molar-refractivity contribution in [2.75, 3.05) is 13.1 Å². The van der Waals surface area contributed by atoms with Crippen molar-refractivity contribution in [2.24, 2.45) is 0 Å². The summed E-state index contributed by atoms with van der Waals surface area (Å²) in [5.74, 6) is -1.44. The molecule has 0 N–H and O–H groups in total. The number of likely N-dealkylation sites (N-methyl/N-ethyl adjacent to an activating group) is 1. The summed E-state index contributed by atoms with van der Waals surface area (Å²) in [6, 6.07) is 2.96. The smallest absolute Gasteiger partial charge is 0.261 e. The Hall–Kier alpha value is -1.40. The summed E-state index contributed by atoms with van der Waals surface area (Å²) in [4.78, 5) is 13.2. The molecular formula is C13H15ClFNO3S. The molecule has 1 aromatic rings. The summed E-state index contributed by atoms with van der Waals surface area (Å²) in [6.07, 6.45) is 0. The van der Waals surface area contributed by atoms with E-state index in [4.69, 9.17) is 10.7 Å². The van der Waals surface area contributed by atoms with Gasteiger partial charge >= 0.3 is 0 Å². The Kier molecular flexibility index (Phi) is 5.30. The highest BCUT2D eigenvalue weighted by Crippen LogP contribution is 2.19. The van der Waals surface area contributed by atoms with Crippen molar-refractivity contribution in [1.29, 1.82) is 0 Å². The van der Waals surface area contributed by atoms with Crippen LogP contribution in [0.1, 0.15) is 24.2 Å². The number of carbonyl (C=O) groups is 1. The molecule has 0 saturated heterocycles. The molecule has 1 amide bonds. The average Bonchev–Trinajstić information content (AvgIpc) is 2.33. The minimum atomic E-state index is -4.02. The van der Waals surface area contributed by atoms with Gasteiger partial charge in [0, 0.05) is 23.8 Å². The summed E-state index contributed by atoms with van der Waals surface area (Å²) >= 11 is 0. The normalized spacial score (nSPS) is 11.2. The Morgan fingerprint density at radius 2 is 2.05 bits per heavy atom. The lowest BCUT2D eigenvalue weighted by Crippen LogP contribution is -2.32. The first-order chi connectivity index (χ1) is 9.16. The van der Waals surface area contributed by atoms with Crippen LogP contribution in [0.25, 0.3) is 0 Å². The van der Waals surface area contributed by atoms with E-state index in [0.717, 1.165) is 23.8 Å². The van der Waals surface area contributed by atoms with Crippen molar-refractivity contribution in [1.82, 2.24) is 4.90 Å². The number of carbonyl (C=O) groups excluding carboxylic acids is 1. The minimum absolute atomic E-state index is 0.197. The topological polar surface area (TPSA) is 54.5 Å². The molecule has 0 aliphatic carbocycles. The molecule has 110 valence electrons. The van der Waals surface area contributed by atoms with Gasteiger partial charge in [0.15, 0.2) is 0 Å². The Morgan fingerprint density at radius 1 is 1.45 bits per heavy atom. The van der Waals surface area contributed by atoms with Gasteiger partial charge in [-0.25, -0.2) is 12.8 Å². The van der Waals surface area contributed by atoms with Crippen LogP contribution in [-0.4, -0.2) is 32.3 Å². The minimum Gasteiger partial charge on any atom is -0.335 e. The number of amides is 1. The lowest BCUT2D eigenvalue weighted by Gasteiger charge is -2.21. The highest BCUT2D eigenvalue weighted by Gasteiger charge is 2.20. The van der Waals surface area contributed by atoms with E-state index < -0.39 is 20.8 Å². The van der Waals surface area contributed by atoms with Crippen LogP contribution in [0.4, 0.5) is 4.39 Å². The number of benzene rings is 1. The fourth-order valence-corrected chi connectivity index (χ4v) is 2.41. The SMILES string of the molecule is C=C(C)CN(CC)C(=O)c1ccc(S(=O)(=O)Cl)cc1F. The molecule has 0 spiro atoms. The second-order valence-electron chi connectivity index (χ2n) is 4.36. The lowest BCUT2D eigenvalue weighted by molar-refractivity contribution is 0.0773. The maximum Gasteiger partial charge on any atom is 0.261 e. The second kappa shape index (κ2) is 6.37. The molecule has 0 bridgehead atoms. The van der Waals surface area contributed by atoms with Crippen molar-refractivity contribution in [3.05, 3.63) is 41.7 Å². The molecule has 0 aliphatic rings. The van der Waals surface area contributed by atoms with Crippen LogP contribution in [0.15, 0.2) is 35.2 Å². The zero-order valence-electron chi connectivity index (χ0n) is 11.2. The fourth-order valence-electron chi connectivity index (χ4n) is 1.64. The van der Waals surface area contributed by atoms with Gasteiger partial charge in [0.1, 0.15) is 5.82 Å². The molecule has 0 saturated carbocycles. The molecule has 20 heavy (non-hydrogen) atoms. The summed E-state index contributed by atoms with van der Waals surface area (Å²) in [5, 5.41) is 0. The van der Waals surface area contributed by atoms with Crippen molar-refractivity contribution >= 4 is 25.6 Å². The van der Waals surface area contributed by atoms with Crippen LogP contribution in [-0.2, 0) is 9.05 Å². The van der Waals surface area contributed by atoms with Crippen LogP contribution in [0.3, 0.4) is 0 Å². The number of rotatable bonds is 5. The van der Waals surface area contributed by atoms with Crippen LogP contribution in [0, 0.1) is 5.82 Å². The first-order valence-corrected chi connectivity index (χ1v) is 8.15. The van der Waals surface area contributed by atoms with Gasteiger partial charge in [-0.3, -0.25) is 4.79 Å². The Balaban J connectivity index is 3.14. The molecule has 7 heteroatoms. The highest BCUT2D eigenvalue weighted by atomic mass is 35.7. The molecule has 1 aromatic carbocycles. The standard InChI is InChI=1S/C13H15ClFNO3S/c1-4-16(8-9(2)3)13(17)11-6-5-10(7-12(11)15)20(14,18)19/h5-7H,2,4,8H2,1,3H3. The molecule has 0 aromatic heterocycles. The molecule has 1 rings (SSSR count). The Morgan fingerprint density at radius 3 is 2.45 bits per heavy atom. The van der Waals surface area contributed by atoms with Gasteiger partial charge in [-0.1, -0.05) is 12.2 Å². The monoisotopic (exact) mass is 319 g/mol. The van der Waals surface area contributed by atoms with Gasteiger partial charge in [0.25, 0.3) is 15.0 Å². The summed E-state index contributed by atoms with van der Waals surface area (Å²) in [5.41, 5.74) is 0.567. The van der Waals surface area contributed by atoms with Crippen molar-refractivity contribution in [3.8, 4) is 0 Å². The fraction of sp³-hybridized carbons (Fsp3) is 0.308. The number of hydrogen-bond acceptors (Lipinski definition) is 3. The third-order valence-electron chi connectivity index (χ3n) is 2.58. The van der Waals surface area contributed by atoms with Gasteiger partial charge in [-0.2, -0.15) is 0 Å². The predicted molar refractivity (Wildman–Crippen MR) is 75.8 cm³/mol. The molecule has 0 heterocycles. The summed E-state index contributed by atoms with van der Waals surface area (Å²) in [7, 11) is 1.10. The van der Waals surface area contributed by atoms with Gasteiger partial charge in [0.2, 0.25) is 0 Å². The van der Waals surface area contributed by atoms with E-state index in [1.54, 1.807) is 13.8 Å². The molecular weight excluding hydrogens is 305 g/mol. The van der Waals surface area contributed by atoms with E-state index in [-0.39, 0.29) is 10.5 Å². The summed E-state index contributed by atoms with van der Waals surface area (Å²) in [6.45, 7) is 7.92. The summed E-state index contributed by atoms with van der Waals surface area (Å²) < 4.78 is 36.1. The largest absolute Gasteiger partial charge is 0.335 e. The molecule has 0 fully saturated rings. The lowest BCUT2D eigenvalue weighted by atomic mass is 10.1. The maximum absolute atomic E-state index is 13.9. The zero-order valence-corrected chi connectivity index (χ0v) is 12.8. The van der Waals surface area contributed by atoms with Crippen molar-refractivity contribution in [3.63, 3.8) is 0 Å². The van der Waals surface area contributed by atoms with Crippen molar-refractivity contribution in [2.45, 2.75) is 18.7 Å². The predicted octanol–water partition coefficient (Wildman–Crippen LogP) is 2.79. The first-order valence-electron chi connectivity index (χ1n) is 5.84. The van der Waals surface area contributed by atoms with Gasteiger partial charge < -0.3 is 4.90 Å². The van der Waals surface area contributed by atoms with Crippen LogP contribution >= 0.6 is 10.7 Å². The van der Waals surface area contributed by atoms with E-state index in [1.165, 1.54) is 4.90 Å². The van der Waals surface area contributed by atoms with Crippen molar-refractivity contribution < 1.29 is 17.6 Å². The quantitative estimate of drug-likeness (QED) is 0.619. The highest BCUT2D eigenvalue weighted by molar-refractivity contribution is 8.13. The molecule has 0 radical (unpaired) electrons. The number of nitrogens with zero attached hydrogens (tertiary/aromatic N) is 1. The van der Waals surface area contributed by atoms with E-state index in [0.29, 0.717) is 13.1 Å². The van der Waals surface area contributed by atoms with E-state index in [2.05, 4.69) is 6.58 Å². The second-order valence-corrected chi connectivity index (χ2v) is 6.92. The molecule has 4 nitrogen and oxygen atoms in total. The Labute approximate surface area is 122 Å². The van der Waals surface area contributed by atoms with Crippen LogP contribution < -0.4 is 0 Å². The third-order valence-corrected chi connectivity index (χ3v) is 3.93. The number of halogens is 2. The molecule has 0 atom stereocenters. The van der Waals surface area contributed by atoms with E-state index in [1.807, 2.05) is 0 Å². The Bertz CT molecular complexity index is 643. The van der Waals surface area contributed by atoms with Gasteiger partial charge in [0.05, 0.1) is 10.5 Å². The maximum atomic E-state index is 13.9. The number of hydrogen-bond donors (Lipinski definition) is 0. The van der Waals surface area contributed by atoms with Gasteiger partial charge in [-0.05, 0) is 32.0 Å². The first kappa shape index (κ1) is 16.7. The van der Waals surface area contributed by atoms with E-state index >= 15 is 0 Å². The molecule has 0 unspecified atom stereocenters. The van der Waals surface area contributed by atoms with E-state index in [9.17, 15) is 17.6 Å².